The standard InChI is InChI=1S/C24H21N5O/c1-28-24(25-26-27-28)22-11-6-12-23-21(22)13-14-29(23)16-19-9-5-10-20(15-19)30-17-18-7-3-2-4-8-18/h2-15H,16-17H2,1H3. The first kappa shape index (κ1) is 18.1. The minimum atomic E-state index is 0.561. The number of tetrazole rings is 1. The molecule has 0 saturated heterocycles. The molecular weight excluding hydrogens is 374 g/mol. The largest absolute Gasteiger partial charge is 0.489 e. The second kappa shape index (κ2) is 7.83. The molecule has 0 amide bonds. The lowest BCUT2D eigenvalue weighted by molar-refractivity contribution is 0.306. The Morgan fingerprint density at radius 1 is 0.867 bits per heavy atom. The van der Waals surface area contributed by atoms with E-state index < -0.39 is 0 Å². The van der Waals surface area contributed by atoms with E-state index in [2.05, 4.69) is 68.8 Å². The van der Waals surface area contributed by atoms with Crippen LogP contribution in [0.1, 0.15) is 11.1 Å². The Hall–Kier alpha value is -3.93. The quantitative estimate of drug-likeness (QED) is 0.426. The van der Waals surface area contributed by atoms with E-state index in [-0.39, 0.29) is 0 Å². The number of ether oxygens (including phenoxy) is 1. The van der Waals surface area contributed by atoms with Crippen LogP contribution in [0, 0.1) is 0 Å². The molecule has 0 N–H and O–H groups in total. The monoisotopic (exact) mass is 395 g/mol. The van der Waals surface area contributed by atoms with E-state index in [0.717, 1.165) is 40.1 Å². The minimum Gasteiger partial charge on any atom is -0.489 e. The molecular formula is C24H21N5O. The first-order valence-corrected chi connectivity index (χ1v) is 9.84. The summed E-state index contributed by atoms with van der Waals surface area (Å²) in [6.45, 7) is 1.32. The van der Waals surface area contributed by atoms with Crippen molar-refractivity contribution in [3.63, 3.8) is 0 Å². The predicted octanol–water partition coefficient (Wildman–Crippen LogP) is 4.46. The number of hydrogen-bond acceptors (Lipinski definition) is 4. The van der Waals surface area contributed by atoms with Crippen LogP contribution in [-0.4, -0.2) is 24.8 Å². The lowest BCUT2D eigenvalue weighted by atomic mass is 10.1. The number of rotatable bonds is 6. The van der Waals surface area contributed by atoms with Crippen molar-refractivity contribution in [3.05, 3.63) is 96.2 Å². The molecule has 0 unspecified atom stereocenters. The highest BCUT2D eigenvalue weighted by atomic mass is 16.5. The molecule has 6 nitrogen and oxygen atoms in total. The summed E-state index contributed by atoms with van der Waals surface area (Å²) in [4.78, 5) is 0. The maximum absolute atomic E-state index is 5.99. The Morgan fingerprint density at radius 3 is 2.53 bits per heavy atom. The smallest absolute Gasteiger partial charge is 0.182 e. The average molecular weight is 395 g/mol. The fourth-order valence-electron chi connectivity index (χ4n) is 3.69. The topological polar surface area (TPSA) is 57.8 Å². The van der Waals surface area contributed by atoms with Gasteiger partial charge >= 0.3 is 0 Å². The van der Waals surface area contributed by atoms with E-state index >= 15 is 0 Å². The van der Waals surface area contributed by atoms with Gasteiger partial charge in [0.1, 0.15) is 12.4 Å². The molecule has 3 aromatic carbocycles. The highest BCUT2D eigenvalue weighted by Gasteiger charge is 2.12. The Kier molecular flexibility index (Phi) is 4.73. The van der Waals surface area contributed by atoms with Gasteiger partial charge in [0.15, 0.2) is 5.82 Å². The molecule has 0 bridgehead atoms. The van der Waals surface area contributed by atoms with Gasteiger partial charge in [0, 0.05) is 36.3 Å². The molecule has 0 aliphatic carbocycles. The molecule has 0 radical (unpaired) electrons. The van der Waals surface area contributed by atoms with Crippen molar-refractivity contribution in [3.8, 4) is 17.1 Å². The first-order chi connectivity index (χ1) is 14.8. The summed E-state index contributed by atoms with van der Waals surface area (Å²) in [6.07, 6.45) is 2.11. The van der Waals surface area contributed by atoms with Crippen LogP contribution in [-0.2, 0) is 20.2 Å². The van der Waals surface area contributed by atoms with Gasteiger partial charge in [0.05, 0.1) is 0 Å². The summed E-state index contributed by atoms with van der Waals surface area (Å²) in [5.41, 5.74) is 4.51. The van der Waals surface area contributed by atoms with Crippen molar-refractivity contribution in [2.75, 3.05) is 0 Å². The van der Waals surface area contributed by atoms with Crippen LogP contribution in [0.3, 0.4) is 0 Å². The molecule has 5 rings (SSSR count). The van der Waals surface area contributed by atoms with Crippen molar-refractivity contribution in [2.24, 2.45) is 7.05 Å². The lowest BCUT2D eigenvalue weighted by Gasteiger charge is -2.10. The minimum absolute atomic E-state index is 0.561. The van der Waals surface area contributed by atoms with Crippen LogP contribution < -0.4 is 4.74 Å². The predicted molar refractivity (Wildman–Crippen MR) is 116 cm³/mol. The zero-order valence-corrected chi connectivity index (χ0v) is 16.6. The van der Waals surface area contributed by atoms with Crippen LogP contribution in [0.4, 0.5) is 0 Å². The molecule has 0 aliphatic rings. The second-order valence-corrected chi connectivity index (χ2v) is 7.23. The highest BCUT2D eigenvalue weighted by Crippen LogP contribution is 2.28. The number of nitrogens with zero attached hydrogens (tertiary/aromatic N) is 5. The van der Waals surface area contributed by atoms with E-state index in [1.807, 2.05) is 43.4 Å². The summed E-state index contributed by atoms with van der Waals surface area (Å²) in [7, 11) is 1.85. The number of hydrogen-bond donors (Lipinski definition) is 0. The van der Waals surface area contributed by atoms with Crippen molar-refractivity contribution in [1.29, 1.82) is 0 Å². The van der Waals surface area contributed by atoms with Crippen molar-refractivity contribution in [1.82, 2.24) is 24.8 Å². The van der Waals surface area contributed by atoms with Gasteiger partial charge in [0.2, 0.25) is 0 Å². The molecule has 30 heavy (non-hydrogen) atoms. The zero-order chi connectivity index (χ0) is 20.3. The molecule has 148 valence electrons. The molecule has 0 aliphatic heterocycles. The number of benzene rings is 3. The lowest BCUT2D eigenvalue weighted by Crippen LogP contribution is -2.00. The van der Waals surface area contributed by atoms with Gasteiger partial charge in [-0.1, -0.05) is 54.6 Å². The number of aryl methyl sites for hydroxylation is 1. The molecule has 2 aromatic heterocycles. The first-order valence-electron chi connectivity index (χ1n) is 9.84. The molecule has 0 saturated carbocycles. The zero-order valence-electron chi connectivity index (χ0n) is 16.6. The Balaban J connectivity index is 1.39. The summed E-state index contributed by atoms with van der Waals surface area (Å²) in [6, 6.07) is 26.8. The van der Waals surface area contributed by atoms with Gasteiger partial charge in [-0.05, 0) is 45.8 Å². The van der Waals surface area contributed by atoms with E-state index in [1.54, 1.807) is 4.68 Å². The van der Waals surface area contributed by atoms with Crippen LogP contribution in [0.2, 0.25) is 0 Å². The normalized spacial score (nSPS) is 11.1. The second-order valence-electron chi connectivity index (χ2n) is 7.23. The van der Waals surface area contributed by atoms with Crippen molar-refractivity contribution >= 4 is 10.9 Å². The van der Waals surface area contributed by atoms with Crippen molar-refractivity contribution in [2.45, 2.75) is 13.2 Å². The molecule has 5 aromatic rings. The molecule has 6 heteroatoms. The van der Waals surface area contributed by atoms with E-state index in [4.69, 9.17) is 4.74 Å². The third kappa shape index (κ3) is 3.55. The third-order valence-corrected chi connectivity index (χ3v) is 5.17. The van der Waals surface area contributed by atoms with Gasteiger partial charge in [0.25, 0.3) is 0 Å². The van der Waals surface area contributed by atoms with Gasteiger partial charge in [-0.15, -0.1) is 5.10 Å². The molecule has 0 spiro atoms. The summed E-state index contributed by atoms with van der Waals surface area (Å²) in [5.74, 6) is 1.63. The molecule has 2 heterocycles. The fraction of sp³-hybridized carbons (Fsp3) is 0.125. The van der Waals surface area contributed by atoms with Crippen LogP contribution in [0.15, 0.2) is 85.1 Å². The Morgan fingerprint density at radius 2 is 1.70 bits per heavy atom. The summed E-state index contributed by atoms with van der Waals surface area (Å²) in [5, 5.41) is 13.0. The SMILES string of the molecule is Cn1nnnc1-c1cccc2c1ccn2Cc1cccc(OCc2ccccc2)c1. The summed E-state index contributed by atoms with van der Waals surface area (Å²) < 4.78 is 9.92. The van der Waals surface area contributed by atoms with Crippen molar-refractivity contribution < 1.29 is 4.74 Å². The van der Waals surface area contributed by atoms with E-state index in [9.17, 15) is 0 Å². The maximum Gasteiger partial charge on any atom is 0.182 e. The van der Waals surface area contributed by atoms with Crippen LogP contribution in [0.5, 0.6) is 5.75 Å². The molecule has 0 fully saturated rings. The summed E-state index contributed by atoms with van der Waals surface area (Å²) >= 11 is 0. The average Bonchev–Trinajstić information content (AvgIpc) is 3.39. The fourth-order valence-corrected chi connectivity index (χ4v) is 3.69. The van der Waals surface area contributed by atoms with Crippen LogP contribution in [0.25, 0.3) is 22.3 Å². The van der Waals surface area contributed by atoms with Gasteiger partial charge in [-0.2, -0.15) is 0 Å². The number of fused-ring (bicyclic) bond motifs is 1. The Labute approximate surface area is 174 Å². The highest BCUT2D eigenvalue weighted by molar-refractivity contribution is 5.93. The third-order valence-electron chi connectivity index (χ3n) is 5.17. The maximum atomic E-state index is 5.99. The van der Waals surface area contributed by atoms with Gasteiger partial charge < -0.3 is 9.30 Å². The van der Waals surface area contributed by atoms with Gasteiger partial charge in [-0.3, -0.25) is 0 Å². The van der Waals surface area contributed by atoms with E-state index in [0.29, 0.717) is 6.61 Å². The molecule has 0 atom stereocenters. The number of aromatic nitrogens is 5. The van der Waals surface area contributed by atoms with E-state index in [1.165, 1.54) is 5.56 Å². The van der Waals surface area contributed by atoms with Crippen LogP contribution >= 0.6 is 0 Å². The van der Waals surface area contributed by atoms with Gasteiger partial charge in [-0.25, -0.2) is 4.68 Å². The Bertz CT molecular complexity index is 1290.